The molecule has 0 radical (unpaired) electrons. The van der Waals surface area contributed by atoms with Gasteiger partial charge < -0.3 is 9.80 Å². The van der Waals surface area contributed by atoms with Gasteiger partial charge in [-0.15, -0.1) is 0 Å². The van der Waals surface area contributed by atoms with Gasteiger partial charge in [-0.05, 0) is 31.2 Å². The molecule has 1 saturated heterocycles. The Hall–Kier alpha value is -1.93. The van der Waals surface area contributed by atoms with Crippen LogP contribution in [0.5, 0.6) is 0 Å². The van der Waals surface area contributed by atoms with Gasteiger partial charge >= 0.3 is 0 Å². The van der Waals surface area contributed by atoms with E-state index in [0.717, 1.165) is 38.3 Å². The van der Waals surface area contributed by atoms with E-state index in [0.29, 0.717) is 0 Å². The maximum absolute atomic E-state index is 13.0. The van der Waals surface area contributed by atoms with E-state index in [9.17, 15) is 13.6 Å². The fraction of sp³-hybridized carbons (Fsp3) is 0.357. The zero-order valence-electron chi connectivity index (χ0n) is 10.6. The monoisotopic (exact) mass is 264 g/mol. The van der Waals surface area contributed by atoms with Crippen molar-refractivity contribution in [3.63, 3.8) is 0 Å². The Labute approximate surface area is 110 Å². The Morgan fingerprint density at radius 1 is 1.16 bits per heavy atom. The van der Waals surface area contributed by atoms with Crippen LogP contribution >= 0.6 is 0 Å². The first-order valence-electron chi connectivity index (χ1n) is 6.01. The van der Waals surface area contributed by atoms with Crippen molar-refractivity contribution < 1.29 is 13.6 Å². The van der Waals surface area contributed by atoms with Crippen LogP contribution in [0, 0.1) is 23.6 Å². The quantitative estimate of drug-likeness (QED) is 0.565. The molecular formula is C14H14F2N2O. The van der Waals surface area contributed by atoms with Gasteiger partial charge in [0.1, 0.15) is 0 Å². The molecule has 0 aliphatic carbocycles. The lowest BCUT2D eigenvalue weighted by atomic mass is 10.1. The topological polar surface area (TPSA) is 23.6 Å². The molecule has 1 aliphatic heterocycles. The van der Waals surface area contributed by atoms with Crippen LogP contribution in [0.3, 0.4) is 0 Å². The van der Waals surface area contributed by atoms with Crippen LogP contribution in [0.25, 0.3) is 0 Å². The highest BCUT2D eigenvalue weighted by Gasteiger charge is 2.11. The number of benzene rings is 1. The number of halogens is 2. The van der Waals surface area contributed by atoms with Gasteiger partial charge in [-0.25, -0.2) is 8.78 Å². The molecule has 1 aliphatic rings. The van der Waals surface area contributed by atoms with Gasteiger partial charge in [0.2, 0.25) is 5.78 Å². The molecule has 0 unspecified atom stereocenters. The highest BCUT2D eigenvalue weighted by Crippen LogP contribution is 2.09. The summed E-state index contributed by atoms with van der Waals surface area (Å²) in [6, 6.07) is 5.80. The van der Waals surface area contributed by atoms with Crippen molar-refractivity contribution in [2.45, 2.75) is 0 Å². The number of hydrogen-bond donors (Lipinski definition) is 0. The summed E-state index contributed by atoms with van der Waals surface area (Å²) in [6.07, 6.45) is 0. The zero-order chi connectivity index (χ0) is 13.8. The molecular weight excluding hydrogens is 250 g/mol. The van der Waals surface area contributed by atoms with E-state index in [4.69, 9.17) is 0 Å². The van der Waals surface area contributed by atoms with Crippen molar-refractivity contribution in [1.29, 1.82) is 0 Å². The summed E-state index contributed by atoms with van der Waals surface area (Å²) in [5.74, 6) is -0.0463. The minimum Gasteiger partial charge on any atom is -0.330 e. The highest BCUT2D eigenvalue weighted by molar-refractivity contribution is 6.08. The number of nitrogens with zero attached hydrogens (tertiary/aromatic N) is 2. The lowest BCUT2D eigenvalue weighted by molar-refractivity contribution is 0.105. The molecule has 0 amide bonds. The Bertz CT molecular complexity index is 540. The molecule has 0 saturated carbocycles. The van der Waals surface area contributed by atoms with Gasteiger partial charge in [0.25, 0.3) is 0 Å². The van der Waals surface area contributed by atoms with Crippen molar-refractivity contribution >= 4 is 5.78 Å². The summed E-state index contributed by atoms with van der Waals surface area (Å²) in [4.78, 5) is 15.8. The number of ketones is 1. The third kappa shape index (κ3) is 3.52. The van der Waals surface area contributed by atoms with Gasteiger partial charge in [-0.1, -0.05) is 0 Å². The van der Waals surface area contributed by atoms with E-state index in [1.165, 1.54) is 6.07 Å². The first-order valence-corrected chi connectivity index (χ1v) is 6.01. The van der Waals surface area contributed by atoms with Gasteiger partial charge in [-0.3, -0.25) is 4.79 Å². The average Bonchev–Trinajstić information content (AvgIpc) is 2.41. The van der Waals surface area contributed by atoms with E-state index >= 15 is 0 Å². The Morgan fingerprint density at radius 2 is 1.84 bits per heavy atom. The lowest BCUT2D eigenvalue weighted by Gasteiger charge is -2.29. The minimum atomic E-state index is -1.03. The number of Topliss-reactive ketones (excluding diaryl/α,β-unsaturated/α-hetero) is 1. The standard InChI is InChI=1S/C14H14F2N2O/c1-17-6-8-18(9-7-17)5-4-14(19)11-2-3-12(15)13(16)10-11/h2-3,10H,6-9H2,1H3. The molecule has 2 rings (SSSR count). The third-order valence-electron chi connectivity index (χ3n) is 3.01. The van der Waals surface area contributed by atoms with E-state index < -0.39 is 17.4 Å². The molecule has 1 aromatic carbocycles. The van der Waals surface area contributed by atoms with Gasteiger partial charge in [0.15, 0.2) is 11.6 Å². The summed E-state index contributed by atoms with van der Waals surface area (Å²) in [6.45, 7) is 3.34. The van der Waals surface area contributed by atoms with E-state index in [2.05, 4.69) is 16.9 Å². The molecule has 1 aromatic rings. The van der Waals surface area contributed by atoms with Crippen molar-refractivity contribution in [3.8, 4) is 12.0 Å². The summed E-state index contributed by atoms with van der Waals surface area (Å²) in [5.41, 5.74) is 0.0699. The fourth-order valence-corrected chi connectivity index (χ4v) is 1.76. The molecule has 0 aromatic heterocycles. The van der Waals surface area contributed by atoms with Crippen molar-refractivity contribution in [3.05, 3.63) is 35.4 Å². The van der Waals surface area contributed by atoms with Crippen molar-refractivity contribution in [2.24, 2.45) is 0 Å². The minimum absolute atomic E-state index is 0.0699. The summed E-state index contributed by atoms with van der Waals surface area (Å²) >= 11 is 0. The maximum atomic E-state index is 13.0. The van der Waals surface area contributed by atoms with Crippen LogP contribution in [-0.2, 0) is 0 Å². The first-order chi connectivity index (χ1) is 9.06. The second kappa shape index (κ2) is 5.81. The largest absolute Gasteiger partial charge is 0.330 e. The smallest absolute Gasteiger partial charge is 0.237 e. The van der Waals surface area contributed by atoms with Crippen LogP contribution in [0.1, 0.15) is 10.4 Å². The molecule has 3 nitrogen and oxygen atoms in total. The summed E-state index contributed by atoms with van der Waals surface area (Å²) < 4.78 is 25.7. The molecule has 0 spiro atoms. The van der Waals surface area contributed by atoms with Crippen molar-refractivity contribution in [2.75, 3.05) is 33.2 Å². The average molecular weight is 264 g/mol. The second-order valence-electron chi connectivity index (χ2n) is 4.49. The van der Waals surface area contributed by atoms with E-state index in [1.807, 2.05) is 11.9 Å². The predicted octanol–water partition coefficient (Wildman–Crippen LogP) is 1.36. The number of rotatable bonds is 1. The van der Waals surface area contributed by atoms with Crippen LogP contribution in [-0.4, -0.2) is 48.8 Å². The molecule has 0 bridgehead atoms. The maximum Gasteiger partial charge on any atom is 0.237 e. The van der Waals surface area contributed by atoms with E-state index in [1.54, 1.807) is 0 Å². The molecule has 1 heterocycles. The first kappa shape index (κ1) is 13.5. The van der Waals surface area contributed by atoms with Crippen LogP contribution < -0.4 is 0 Å². The number of carbonyl (C=O) groups is 1. The number of piperazine rings is 1. The number of hydrogen-bond acceptors (Lipinski definition) is 3. The molecule has 5 heteroatoms. The van der Waals surface area contributed by atoms with Crippen LogP contribution in [0.4, 0.5) is 8.78 Å². The van der Waals surface area contributed by atoms with Crippen LogP contribution in [0.15, 0.2) is 18.2 Å². The fourth-order valence-electron chi connectivity index (χ4n) is 1.76. The van der Waals surface area contributed by atoms with Gasteiger partial charge in [0, 0.05) is 37.8 Å². The number of likely N-dealkylation sites (N-methyl/N-ethyl adjacent to an activating group) is 1. The molecule has 100 valence electrons. The van der Waals surface area contributed by atoms with Gasteiger partial charge in [0.05, 0.1) is 0 Å². The third-order valence-corrected chi connectivity index (χ3v) is 3.01. The van der Waals surface area contributed by atoms with Crippen molar-refractivity contribution in [1.82, 2.24) is 9.80 Å². The Balaban J connectivity index is 2.03. The molecule has 1 fully saturated rings. The lowest BCUT2D eigenvalue weighted by Crippen LogP contribution is -2.42. The highest BCUT2D eigenvalue weighted by atomic mass is 19.2. The SMILES string of the molecule is CN1CCN(C#CC(=O)c2ccc(F)c(F)c2)CC1. The van der Waals surface area contributed by atoms with E-state index in [-0.39, 0.29) is 5.56 Å². The zero-order valence-corrected chi connectivity index (χ0v) is 10.6. The van der Waals surface area contributed by atoms with Crippen LogP contribution in [0.2, 0.25) is 0 Å². The second-order valence-corrected chi connectivity index (χ2v) is 4.49. The summed E-state index contributed by atoms with van der Waals surface area (Å²) in [5, 5.41) is 0. The Kier molecular flexibility index (Phi) is 4.13. The summed E-state index contributed by atoms with van der Waals surface area (Å²) in [7, 11) is 2.03. The Morgan fingerprint density at radius 3 is 2.47 bits per heavy atom. The number of carbonyl (C=O) groups excluding carboxylic acids is 1. The normalized spacial score (nSPS) is 15.8. The van der Waals surface area contributed by atoms with Gasteiger partial charge in [-0.2, -0.15) is 0 Å². The molecule has 0 N–H and O–H groups in total. The molecule has 0 atom stereocenters. The predicted molar refractivity (Wildman–Crippen MR) is 67.5 cm³/mol. The molecule has 19 heavy (non-hydrogen) atoms.